The molecule has 4 nitrogen and oxygen atoms in total. The van der Waals surface area contributed by atoms with Crippen LogP contribution in [0.1, 0.15) is 24.2 Å². The zero-order valence-electron chi connectivity index (χ0n) is 10.8. The van der Waals surface area contributed by atoms with E-state index in [-0.39, 0.29) is 28.1 Å². The molecule has 0 fully saturated rings. The van der Waals surface area contributed by atoms with Crippen LogP contribution in [0.15, 0.2) is 18.2 Å². The Kier molecular flexibility index (Phi) is 6.12. The fourth-order valence-electron chi connectivity index (χ4n) is 1.56. The molecule has 0 saturated heterocycles. The van der Waals surface area contributed by atoms with E-state index in [0.29, 0.717) is 13.1 Å². The molecular formula is C13H15Cl2NO3. The molecule has 0 radical (unpaired) electrons. The van der Waals surface area contributed by atoms with Crippen molar-refractivity contribution in [2.24, 2.45) is 0 Å². The minimum atomic E-state index is -0.698. The van der Waals surface area contributed by atoms with Gasteiger partial charge in [0.1, 0.15) is 0 Å². The van der Waals surface area contributed by atoms with Crippen molar-refractivity contribution in [2.45, 2.75) is 13.8 Å². The number of rotatable bonds is 5. The van der Waals surface area contributed by atoms with Gasteiger partial charge in [-0.25, -0.2) is 4.79 Å². The lowest BCUT2D eigenvalue weighted by molar-refractivity contribution is -0.134. The molecule has 104 valence electrons. The summed E-state index contributed by atoms with van der Waals surface area (Å²) in [7, 11) is 0. The van der Waals surface area contributed by atoms with Gasteiger partial charge in [-0.05, 0) is 26.0 Å². The molecule has 0 aliphatic rings. The predicted octanol–water partition coefficient (Wildman–Crippen LogP) is 3.02. The third-order valence-electron chi connectivity index (χ3n) is 2.61. The van der Waals surface area contributed by atoms with Crippen LogP contribution >= 0.6 is 23.2 Å². The average Bonchev–Trinajstić information content (AvgIpc) is 2.37. The molecule has 0 aromatic heterocycles. The Morgan fingerprint density at radius 2 is 1.68 bits per heavy atom. The molecule has 0 N–H and O–H groups in total. The lowest BCUT2D eigenvalue weighted by atomic mass is 10.2. The van der Waals surface area contributed by atoms with Gasteiger partial charge in [0.15, 0.2) is 6.61 Å². The third kappa shape index (κ3) is 4.11. The van der Waals surface area contributed by atoms with Crippen molar-refractivity contribution in [2.75, 3.05) is 19.7 Å². The number of halogens is 2. The first-order valence-corrected chi connectivity index (χ1v) is 6.65. The Hall–Kier alpha value is -1.26. The van der Waals surface area contributed by atoms with Gasteiger partial charge in [0, 0.05) is 13.1 Å². The summed E-state index contributed by atoms with van der Waals surface area (Å²) in [5.41, 5.74) is 0.0816. The molecule has 1 rings (SSSR count). The van der Waals surface area contributed by atoms with Gasteiger partial charge in [-0.2, -0.15) is 0 Å². The topological polar surface area (TPSA) is 46.6 Å². The molecule has 1 amide bonds. The normalized spacial score (nSPS) is 10.1. The molecule has 0 heterocycles. The zero-order chi connectivity index (χ0) is 14.4. The van der Waals surface area contributed by atoms with Gasteiger partial charge in [0.05, 0.1) is 15.6 Å². The summed E-state index contributed by atoms with van der Waals surface area (Å²) in [5, 5.41) is 0.403. The lowest BCUT2D eigenvalue weighted by Gasteiger charge is -2.18. The van der Waals surface area contributed by atoms with Crippen molar-refractivity contribution in [3.8, 4) is 0 Å². The molecule has 1 aromatic carbocycles. The van der Waals surface area contributed by atoms with Crippen molar-refractivity contribution in [3.05, 3.63) is 33.8 Å². The van der Waals surface area contributed by atoms with Crippen molar-refractivity contribution < 1.29 is 14.3 Å². The van der Waals surface area contributed by atoms with Gasteiger partial charge in [-0.1, -0.05) is 29.3 Å². The highest BCUT2D eigenvalue weighted by molar-refractivity contribution is 6.39. The monoisotopic (exact) mass is 303 g/mol. The second-order valence-corrected chi connectivity index (χ2v) is 4.55. The van der Waals surface area contributed by atoms with E-state index in [1.165, 1.54) is 12.1 Å². The Labute approximate surface area is 122 Å². The number of esters is 1. The number of nitrogens with zero attached hydrogens (tertiary/aromatic N) is 1. The van der Waals surface area contributed by atoms with Gasteiger partial charge in [0.2, 0.25) is 0 Å². The second-order valence-electron chi connectivity index (χ2n) is 3.74. The van der Waals surface area contributed by atoms with Crippen LogP contribution in [0.25, 0.3) is 0 Å². The van der Waals surface area contributed by atoms with Gasteiger partial charge in [0.25, 0.3) is 5.91 Å². The van der Waals surface area contributed by atoms with Crippen LogP contribution < -0.4 is 0 Å². The van der Waals surface area contributed by atoms with Crippen LogP contribution in [-0.2, 0) is 9.53 Å². The largest absolute Gasteiger partial charge is 0.452 e. The van der Waals surface area contributed by atoms with Crippen molar-refractivity contribution in [1.29, 1.82) is 0 Å². The zero-order valence-corrected chi connectivity index (χ0v) is 12.3. The maximum absolute atomic E-state index is 11.8. The molecule has 6 heteroatoms. The molecular weight excluding hydrogens is 289 g/mol. The summed E-state index contributed by atoms with van der Waals surface area (Å²) in [4.78, 5) is 25.1. The van der Waals surface area contributed by atoms with Crippen LogP contribution in [0.5, 0.6) is 0 Å². The molecule has 0 spiro atoms. The quantitative estimate of drug-likeness (QED) is 0.786. The molecule has 0 atom stereocenters. The van der Waals surface area contributed by atoms with Gasteiger partial charge >= 0.3 is 5.97 Å². The lowest BCUT2D eigenvalue weighted by Crippen LogP contribution is -2.34. The van der Waals surface area contributed by atoms with Crippen molar-refractivity contribution >= 4 is 35.1 Å². The van der Waals surface area contributed by atoms with Crippen LogP contribution in [-0.4, -0.2) is 36.5 Å². The van der Waals surface area contributed by atoms with E-state index in [4.69, 9.17) is 27.9 Å². The van der Waals surface area contributed by atoms with E-state index in [9.17, 15) is 9.59 Å². The number of carbonyl (C=O) groups is 2. The Morgan fingerprint density at radius 1 is 1.16 bits per heavy atom. The smallest absolute Gasteiger partial charge is 0.341 e. The summed E-state index contributed by atoms with van der Waals surface area (Å²) in [6.07, 6.45) is 0. The van der Waals surface area contributed by atoms with E-state index < -0.39 is 5.97 Å². The van der Waals surface area contributed by atoms with E-state index in [0.717, 1.165) is 0 Å². The molecule has 0 saturated carbocycles. The molecule has 19 heavy (non-hydrogen) atoms. The van der Waals surface area contributed by atoms with E-state index in [1.807, 2.05) is 13.8 Å². The second kappa shape index (κ2) is 7.36. The minimum absolute atomic E-state index is 0.0816. The van der Waals surface area contributed by atoms with E-state index in [1.54, 1.807) is 11.0 Å². The molecule has 0 aliphatic heterocycles. The highest BCUT2D eigenvalue weighted by Gasteiger charge is 2.18. The summed E-state index contributed by atoms with van der Waals surface area (Å²) in [6, 6.07) is 4.70. The first kappa shape index (κ1) is 15.8. The number of hydrogen-bond donors (Lipinski definition) is 0. The van der Waals surface area contributed by atoms with Crippen LogP contribution in [0.4, 0.5) is 0 Å². The molecule has 0 unspecified atom stereocenters. The Morgan fingerprint density at radius 3 is 2.16 bits per heavy atom. The van der Waals surface area contributed by atoms with E-state index in [2.05, 4.69) is 0 Å². The van der Waals surface area contributed by atoms with E-state index >= 15 is 0 Å². The van der Waals surface area contributed by atoms with Gasteiger partial charge < -0.3 is 9.64 Å². The number of benzene rings is 1. The standard InChI is InChI=1S/C13H15Cl2NO3/c1-3-16(4-2)11(17)8-19-13(18)12-9(14)6-5-7-10(12)15/h5-7H,3-4,8H2,1-2H3. The van der Waals surface area contributed by atoms with Crippen molar-refractivity contribution in [3.63, 3.8) is 0 Å². The highest BCUT2D eigenvalue weighted by Crippen LogP contribution is 2.24. The van der Waals surface area contributed by atoms with Gasteiger partial charge in [-0.3, -0.25) is 4.79 Å². The first-order chi connectivity index (χ1) is 9.01. The maximum Gasteiger partial charge on any atom is 0.341 e. The average molecular weight is 304 g/mol. The summed E-state index contributed by atoms with van der Waals surface area (Å²) in [5.74, 6) is -0.947. The minimum Gasteiger partial charge on any atom is -0.452 e. The maximum atomic E-state index is 11.8. The SMILES string of the molecule is CCN(CC)C(=O)COC(=O)c1c(Cl)cccc1Cl. The number of likely N-dealkylation sites (N-methyl/N-ethyl adjacent to an activating group) is 1. The molecule has 0 aliphatic carbocycles. The Bertz CT molecular complexity index is 453. The third-order valence-corrected chi connectivity index (χ3v) is 3.24. The summed E-state index contributed by atoms with van der Waals surface area (Å²) in [6.45, 7) is 4.53. The molecule has 0 bridgehead atoms. The van der Waals surface area contributed by atoms with Crippen LogP contribution in [0.2, 0.25) is 10.0 Å². The summed E-state index contributed by atoms with van der Waals surface area (Å²) >= 11 is 11.8. The fourth-order valence-corrected chi connectivity index (χ4v) is 2.11. The van der Waals surface area contributed by atoms with Crippen LogP contribution in [0.3, 0.4) is 0 Å². The molecule has 1 aromatic rings. The van der Waals surface area contributed by atoms with Crippen LogP contribution in [0, 0.1) is 0 Å². The number of hydrogen-bond acceptors (Lipinski definition) is 3. The summed E-state index contributed by atoms with van der Waals surface area (Å²) < 4.78 is 4.94. The predicted molar refractivity (Wildman–Crippen MR) is 74.7 cm³/mol. The van der Waals surface area contributed by atoms with Gasteiger partial charge in [-0.15, -0.1) is 0 Å². The number of carbonyl (C=O) groups excluding carboxylic acids is 2. The number of amides is 1. The first-order valence-electron chi connectivity index (χ1n) is 5.90. The van der Waals surface area contributed by atoms with Crippen molar-refractivity contribution in [1.82, 2.24) is 4.90 Å². The fraction of sp³-hybridized carbons (Fsp3) is 0.385. The number of ether oxygens (including phenoxy) is 1. The Balaban J connectivity index is 2.69. The highest BCUT2D eigenvalue weighted by atomic mass is 35.5.